The van der Waals surface area contributed by atoms with E-state index < -0.39 is 17.2 Å². The number of Topliss-reactive ketones (excluding diaryl/α,β-unsaturated/α-hetero) is 1. The molecule has 6 heteroatoms. The van der Waals surface area contributed by atoms with Gasteiger partial charge in [-0.2, -0.15) is 0 Å². The van der Waals surface area contributed by atoms with Crippen LogP contribution in [0.5, 0.6) is 0 Å². The Kier molecular flexibility index (Phi) is 6.18. The highest BCUT2D eigenvalue weighted by Crippen LogP contribution is 2.14. The minimum absolute atomic E-state index is 0.0370. The molecule has 4 nitrogen and oxygen atoms in total. The van der Waals surface area contributed by atoms with Gasteiger partial charge in [-0.1, -0.05) is 0 Å². The van der Waals surface area contributed by atoms with Crippen molar-refractivity contribution in [2.24, 2.45) is 0 Å². The highest BCUT2D eigenvalue weighted by molar-refractivity contribution is 5.97. The molecular formula is C20H22F2N2O2. The summed E-state index contributed by atoms with van der Waals surface area (Å²) in [5.41, 5.74) is 0.458. The molecule has 1 aromatic heterocycles. The largest absolute Gasteiger partial charge is 0.347 e. The molecular weight excluding hydrogens is 338 g/mol. The number of halogens is 2. The average Bonchev–Trinajstić information content (AvgIpc) is 2.54. The molecule has 2 rings (SSSR count). The fourth-order valence-electron chi connectivity index (χ4n) is 2.48. The molecule has 0 saturated carbocycles. The van der Waals surface area contributed by atoms with Crippen LogP contribution in [0.1, 0.15) is 48.8 Å². The van der Waals surface area contributed by atoms with Gasteiger partial charge in [-0.25, -0.2) is 8.78 Å². The quantitative estimate of drug-likeness (QED) is 0.856. The fourth-order valence-corrected chi connectivity index (χ4v) is 2.48. The number of aryl methyl sites for hydroxylation is 1. The van der Waals surface area contributed by atoms with Gasteiger partial charge in [-0.3, -0.25) is 14.6 Å². The van der Waals surface area contributed by atoms with Crippen molar-refractivity contribution in [3.8, 4) is 0 Å². The van der Waals surface area contributed by atoms with Crippen molar-refractivity contribution in [3.63, 3.8) is 0 Å². The molecule has 0 aliphatic carbocycles. The number of carbonyl (C=O) groups excluding carboxylic acids is 2. The lowest BCUT2D eigenvalue weighted by Crippen LogP contribution is -2.41. The number of hydrogen-bond donors (Lipinski definition) is 1. The molecule has 26 heavy (non-hydrogen) atoms. The maximum atomic E-state index is 13.6. The smallest absolute Gasteiger partial charge is 0.253 e. The predicted molar refractivity (Wildman–Crippen MR) is 94.8 cm³/mol. The average molecular weight is 360 g/mol. The first-order valence-electron chi connectivity index (χ1n) is 8.38. The van der Waals surface area contributed by atoms with E-state index in [4.69, 9.17) is 0 Å². The Labute approximate surface area is 151 Å². The van der Waals surface area contributed by atoms with Gasteiger partial charge in [0.05, 0.1) is 11.3 Å². The fraction of sp³-hybridized carbons (Fsp3) is 0.350. The van der Waals surface area contributed by atoms with Crippen LogP contribution < -0.4 is 5.32 Å². The predicted octanol–water partition coefficient (Wildman–Crippen LogP) is 3.63. The second-order valence-corrected chi connectivity index (χ2v) is 7.15. The molecule has 0 unspecified atom stereocenters. The Bertz CT molecular complexity index is 814. The van der Waals surface area contributed by atoms with Crippen molar-refractivity contribution in [1.82, 2.24) is 10.3 Å². The van der Waals surface area contributed by atoms with Gasteiger partial charge in [0.1, 0.15) is 17.4 Å². The second kappa shape index (κ2) is 8.17. The van der Waals surface area contributed by atoms with Gasteiger partial charge in [0.2, 0.25) is 0 Å². The number of nitrogens with zero attached hydrogens (tertiary/aromatic N) is 1. The second-order valence-electron chi connectivity index (χ2n) is 7.15. The Morgan fingerprint density at radius 2 is 1.88 bits per heavy atom. The SMILES string of the molecule is CC(C)(C)NC(=O)c1cccnc1CC(=O)CCc1cc(F)ccc1F. The molecule has 0 spiro atoms. The van der Waals surface area contributed by atoms with E-state index in [0.29, 0.717) is 11.3 Å². The zero-order chi connectivity index (χ0) is 19.3. The zero-order valence-electron chi connectivity index (χ0n) is 15.1. The van der Waals surface area contributed by atoms with E-state index in [1.807, 2.05) is 20.8 Å². The van der Waals surface area contributed by atoms with E-state index >= 15 is 0 Å². The molecule has 1 aromatic carbocycles. The van der Waals surface area contributed by atoms with Crippen molar-refractivity contribution in [2.45, 2.75) is 45.6 Å². The van der Waals surface area contributed by atoms with Crippen LogP contribution in [-0.4, -0.2) is 22.2 Å². The third kappa shape index (κ3) is 5.72. The maximum absolute atomic E-state index is 13.6. The van der Waals surface area contributed by atoms with Crippen molar-refractivity contribution < 1.29 is 18.4 Å². The van der Waals surface area contributed by atoms with E-state index in [1.54, 1.807) is 12.1 Å². The molecule has 138 valence electrons. The minimum atomic E-state index is -0.542. The Morgan fingerprint density at radius 3 is 2.58 bits per heavy atom. The van der Waals surface area contributed by atoms with E-state index in [-0.39, 0.29) is 36.5 Å². The third-order valence-electron chi connectivity index (χ3n) is 3.67. The number of carbonyl (C=O) groups is 2. The van der Waals surface area contributed by atoms with Gasteiger partial charge in [-0.05, 0) is 63.1 Å². The minimum Gasteiger partial charge on any atom is -0.347 e. The van der Waals surface area contributed by atoms with E-state index in [2.05, 4.69) is 10.3 Å². The van der Waals surface area contributed by atoms with Crippen LogP contribution in [0.3, 0.4) is 0 Å². The third-order valence-corrected chi connectivity index (χ3v) is 3.67. The Hall–Kier alpha value is -2.63. The summed E-state index contributed by atoms with van der Waals surface area (Å²) in [6, 6.07) is 6.42. The first-order chi connectivity index (χ1) is 12.2. The summed E-state index contributed by atoms with van der Waals surface area (Å²) in [4.78, 5) is 28.8. The van der Waals surface area contributed by atoms with Gasteiger partial charge < -0.3 is 5.32 Å². The molecule has 0 radical (unpaired) electrons. The van der Waals surface area contributed by atoms with Crippen LogP contribution in [0.25, 0.3) is 0 Å². The first kappa shape index (κ1) is 19.7. The number of nitrogens with one attached hydrogen (secondary N) is 1. The molecule has 0 aliphatic rings. The van der Waals surface area contributed by atoms with Gasteiger partial charge in [0.25, 0.3) is 5.91 Å². The number of aromatic nitrogens is 1. The van der Waals surface area contributed by atoms with Gasteiger partial charge in [-0.15, -0.1) is 0 Å². The maximum Gasteiger partial charge on any atom is 0.253 e. The van der Waals surface area contributed by atoms with Gasteiger partial charge >= 0.3 is 0 Å². The number of ketones is 1. The van der Waals surface area contributed by atoms with Crippen molar-refractivity contribution in [2.75, 3.05) is 0 Å². The van der Waals surface area contributed by atoms with Crippen LogP contribution in [0.4, 0.5) is 8.78 Å². The lowest BCUT2D eigenvalue weighted by molar-refractivity contribution is -0.118. The standard InChI is InChI=1S/C20H22F2N2O2/c1-20(2,3)24-19(26)16-5-4-10-23-18(16)12-15(25)8-6-13-11-14(21)7-9-17(13)22/h4-5,7,9-11H,6,8,12H2,1-3H3,(H,24,26). The van der Waals surface area contributed by atoms with Crippen molar-refractivity contribution in [1.29, 1.82) is 0 Å². The zero-order valence-corrected chi connectivity index (χ0v) is 15.1. The monoisotopic (exact) mass is 360 g/mol. The first-order valence-corrected chi connectivity index (χ1v) is 8.38. The van der Waals surface area contributed by atoms with Crippen molar-refractivity contribution in [3.05, 3.63) is 65.0 Å². The highest BCUT2D eigenvalue weighted by atomic mass is 19.1. The number of pyridine rings is 1. The van der Waals surface area contributed by atoms with Crippen LogP contribution >= 0.6 is 0 Å². The summed E-state index contributed by atoms with van der Waals surface area (Å²) in [5, 5.41) is 2.84. The molecule has 0 saturated heterocycles. The molecule has 1 heterocycles. The molecule has 0 fully saturated rings. The number of rotatable bonds is 6. The summed E-state index contributed by atoms with van der Waals surface area (Å²) in [5.74, 6) is -1.58. The highest BCUT2D eigenvalue weighted by Gasteiger charge is 2.19. The van der Waals surface area contributed by atoms with E-state index in [9.17, 15) is 18.4 Å². The molecule has 2 aromatic rings. The van der Waals surface area contributed by atoms with Crippen LogP contribution in [0.15, 0.2) is 36.5 Å². The number of hydrogen-bond acceptors (Lipinski definition) is 3. The van der Waals surface area contributed by atoms with Crippen molar-refractivity contribution >= 4 is 11.7 Å². The topological polar surface area (TPSA) is 59.1 Å². The Balaban J connectivity index is 2.05. The molecule has 1 amide bonds. The number of amides is 1. The normalized spacial score (nSPS) is 11.3. The molecule has 0 bridgehead atoms. The summed E-state index contributed by atoms with van der Waals surface area (Å²) >= 11 is 0. The van der Waals surface area contributed by atoms with Gasteiger partial charge in [0.15, 0.2) is 0 Å². The summed E-state index contributed by atoms with van der Waals surface area (Å²) in [7, 11) is 0. The summed E-state index contributed by atoms with van der Waals surface area (Å²) in [6.45, 7) is 5.58. The number of benzene rings is 1. The molecule has 0 atom stereocenters. The lowest BCUT2D eigenvalue weighted by Gasteiger charge is -2.21. The van der Waals surface area contributed by atoms with E-state index in [1.165, 1.54) is 6.20 Å². The summed E-state index contributed by atoms with van der Waals surface area (Å²) < 4.78 is 26.8. The van der Waals surface area contributed by atoms with Crippen LogP contribution in [0, 0.1) is 11.6 Å². The molecule has 1 N–H and O–H groups in total. The van der Waals surface area contributed by atoms with E-state index in [0.717, 1.165) is 18.2 Å². The Morgan fingerprint density at radius 1 is 1.15 bits per heavy atom. The molecule has 0 aliphatic heterocycles. The van der Waals surface area contributed by atoms with Crippen LogP contribution in [0.2, 0.25) is 0 Å². The summed E-state index contributed by atoms with van der Waals surface area (Å²) in [6.07, 6.45) is 1.61. The lowest BCUT2D eigenvalue weighted by atomic mass is 10.0. The van der Waals surface area contributed by atoms with Crippen LogP contribution in [-0.2, 0) is 17.6 Å². The van der Waals surface area contributed by atoms with Gasteiger partial charge in [0, 0.05) is 24.6 Å².